The third-order valence-electron chi connectivity index (χ3n) is 3.04. The van der Waals surface area contributed by atoms with Crippen molar-refractivity contribution >= 4 is 17.7 Å². The van der Waals surface area contributed by atoms with E-state index in [4.69, 9.17) is 4.74 Å². The number of carbonyl (C=O) groups excluding carboxylic acids is 3. The van der Waals surface area contributed by atoms with E-state index in [9.17, 15) is 19.5 Å². The maximum atomic E-state index is 12.1. The van der Waals surface area contributed by atoms with Crippen molar-refractivity contribution in [3.63, 3.8) is 0 Å². The number of rotatable bonds is 9. The minimum atomic E-state index is -0.408. The van der Waals surface area contributed by atoms with Gasteiger partial charge in [0, 0.05) is 24.9 Å². The summed E-state index contributed by atoms with van der Waals surface area (Å²) >= 11 is 0. The Kier molecular flexibility index (Phi) is 7.59. The summed E-state index contributed by atoms with van der Waals surface area (Å²) in [5, 5.41) is 12.1. The summed E-state index contributed by atoms with van der Waals surface area (Å²) < 4.78 is 9.67. The van der Waals surface area contributed by atoms with E-state index in [1.54, 1.807) is 6.92 Å². The largest absolute Gasteiger partial charge is 0.504 e. The molecule has 0 aliphatic heterocycles. The third kappa shape index (κ3) is 6.37. The lowest BCUT2D eigenvalue weighted by atomic mass is 10.1. The van der Waals surface area contributed by atoms with Gasteiger partial charge in [-0.05, 0) is 25.1 Å². The molecule has 0 aliphatic rings. The van der Waals surface area contributed by atoms with Crippen molar-refractivity contribution in [1.29, 1.82) is 0 Å². The first kappa shape index (κ1) is 18.5. The number of carbonyl (C=O) groups is 3. The highest BCUT2D eigenvalue weighted by molar-refractivity contribution is 5.98. The number of hydrogen-bond donors (Lipinski definition) is 2. The van der Waals surface area contributed by atoms with Crippen LogP contribution in [0.2, 0.25) is 0 Å². The van der Waals surface area contributed by atoms with Crippen LogP contribution in [-0.4, -0.2) is 43.0 Å². The lowest BCUT2D eigenvalue weighted by Gasteiger charge is -2.08. The Morgan fingerprint density at radius 2 is 1.91 bits per heavy atom. The molecule has 1 aromatic carbocycles. The van der Waals surface area contributed by atoms with Crippen molar-refractivity contribution in [3.8, 4) is 11.5 Å². The first-order valence-electron chi connectivity index (χ1n) is 7.30. The van der Waals surface area contributed by atoms with Crippen LogP contribution in [0.5, 0.6) is 11.5 Å². The molecule has 1 aromatic rings. The number of ether oxygens (including phenoxy) is 2. The molecule has 0 unspecified atom stereocenters. The van der Waals surface area contributed by atoms with Crippen molar-refractivity contribution in [2.24, 2.45) is 0 Å². The topological polar surface area (TPSA) is 102 Å². The van der Waals surface area contributed by atoms with Crippen LogP contribution in [0.25, 0.3) is 0 Å². The van der Waals surface area contributed by atoms with Crippen molar-refractivity contribution in [1.82, 2.24) is 5.32 Å². The van der Waals surface area contributed by atoms with Crippen molar-refractivity contribution in [3.05, 3.63) is 23.8 Å². The number of hydrogen-bond acceptors (Lipinski definition) is 6. The lowest BCUT2D eigenvalue weighted by Crippen LogP contribution is -2.26. The second kappa shape index (κ2) is 9.45. The number of ketones is 1. The van der Waals surface area contributed by atoms with Gasteiger partial charge in [0.15, 0.2) is 17.3 Å². The zero-order chi connectivity index (χ0) is 17.2. The fourth-order valence-electron chi connectivity index (χ4n) is 1.82. The van der Waals surface area contributed by atoms with Crippen molar-refractivity contribution in [2.75, 3.05) is 20.3 Å². The Morgan fingerprint density at radius 1 is 1.17 bits per heavy atom. The van der Waals surface area contributed by atoms with E-state index >= 15 is 0 Å². The number of phenolic OH excluding ortho intramolecular Hbond substituents is 1. The first-order chi connectivity index (χ1) is 11.0. The van der Waals surface area contributed by atoms with Crippen LogP contribution in [0.4, 0.5) is 0 Å². The predicted molar refractivity (Wildman–Crippen MR) is 82.5 cm³/mol. The number of benzene rings is 1. The van der Waals surface area contributed by atoms with Gasteiger partial charge in [0.05, 0.1) is 20.1 Å². The smallest absolute Gasteiger partial charge is 0.307 e. The third-order valence-corrected chi connectivity index (χ3v) is 3.04. The molecule has 2 N–H and O–H groups in total. The fraction of sp³-hybridized carbons (Fsp3) is 0.438. The number of phenols is 1. The molecule has 0 atom stereocenters. The van der Waals surface area contributed by atoms with Crippen LogP contribution in [0, 0.1) is 0 Å². The highest BCUT2D eigenvalue weighted by Crippen LogP contribution is 2.27. The Bertz CT molecular complexity index is 570. The Hall–Kier alpha value is -2.57. The van der Waals surface area contributed by atoms with Gasteiger partial charge in [0.1, 0.15) is 0 Å². The van der Waals surface area contributed by atoms with Crippen LogP contribution in [0.15, 0.2) is 18.2 Å². The van der Waals surface area contributed by atoms with E-state index < -0.39 is 5.97 Å². The summed E-state index contributed by atoms with van der Waals surface area (Å²) in [7, 11) is 1.27. The van der Waals surface area contributed by atoms with Crippen LogP contribution in [-0.2, 0) is 14.3 Å². The van der Waals surface area contributed by atoms with Gasteiger partial charge in [-0.1, -0.05) is 0 Å². The zero-order valence-electron chi connectivity index (χ0n) is 13.3. The average Bonchev–Trinajstić information content (AvgIpc) is 2.54. The lowest BCUT2D eigenvalue weighted by molar-refractivity contribution is -0.140. The molecule has 0 aromatic heterocycles. The van der Waals surface area contributed by atoms with E-state index in [0.29, 0.717) is 12.2 Å². The molecule has 0 spiro atoms. The Labute approximate surface area is 134 Å². The SMILES string of the molecule is CCOc1cc(C(=O)CCC(=O)NCCC(=O)OC)ccc1O. The molecular formula is C16H21NO6. The number of esters is 1. The van der Waals surface area contributed by atoms with E-state index in [1.807, 2.05) is 0 Å². The quantitative estimate of drug-likeness (QED) is 0.526. The molecule has 7 nitrogen and oxygen atoms in total. The molecule has 0 aliphatic carbocycles. The normalized spacial score (nSPS) is 10.0. The Morgan fingerprint density at radius 3 is 2.57 bits per heavy atom. The molecule has 126 valence electrons. The number of aromatic hydroxyl groups is 1. The maximum Gasteiger partial charge on any atom is 0.307 e. The average molecular weight is 323 g/mol. The fourth-order valence-corrected chi connectivity index (χ4v) is 1.82. The molecule has 0 bridgehead atoms. The second-order valence-electron chi connectivity index (χ2n) is 4.71. The van der Waals surface area contributed by atoms with Gasteiger partial charge in [-0.25, -0.2) is 0 Å². The van der Waals surface area contributed by atoms with E-state index in [2.05, 4.69) is 10.1 Å². The highest BCUT2D eigenvalue weighted by atomic mass is 16.5. The number of nitrogens with one attached hydrogen (secondary N) is 1. The van der Waals surface area contributed by atoms with E-state index in [0.717, 1.165) is 0 Å². The first-order valence-corrected chi connectivity index (χ1v) is 7.30. The molecule has 0 fully saturated rings. The van der Waals surface area contributed by atoms with Crippen molar-refractivity contribution < 1.29 is 29.0 Å². The molecule has 1 amide bonds. The minimum absolute atomic E-state index is 0.0187. The van der Waals surface area contributed by atoms with Gasteiger partial charge in [-0.15, -0.1) is 0 Å². The molecule has 0 saturated carbocycles. The van der Waals surface area contributed by atoms with Crippen molar-refractivity contribution in [2.45, 2.75) is 26.2 Å². The second-order valence-corrected chi connectivity index (χ2v) is 4.71. The van der Waals surface area contributed by atoms with Gasteiger partial charge in [-0.2, -0.15) is 0 Å². The van der Waals surface area contributed by atoms with Gasteiger partial charge < -0.3 is 19.9 Å². The predicted octanol–water partition coefficient (Wildman–Crippen LogP) is 1.43. The van der Waals surface area contributed by atoms with Gasteiger partial charge in [-0.3, -0.25) is 14.4 Å². The molecular weight excluding hydrogens is 302 g/mol. The summed E-state index contributed by atoms with van der Waals surface area (Å²) in [6, 6.07) is 4.32. The zero-order valence-corrected chi connectivity index (χ0v) is 13.3. The highest BCUT2D eigenvalue weighted by Gasteiger charge is 2.12. The molecule has 0 saturated heterocycles. The molecule has 0 radical (unpaired) electrons. The summed E-state index contributed by atoms with van der Waals surface area (Å²) in [4.78, 5) is 34.5. The monoisotopic (exact) mass is 323 g/mol. The van der Waals surface area contributed by atoms with E-state index in [1.165, 1.54) is 25.3 Å². The minimum Gasteiger partial charge on any atom is -0.504 e. The van der Waals surface area contributed by atoms with Crippen LogP contribution >= 0.6 is 0 Å². The van der Waals surface area contributed by atoms with Gasteiger partial charge >= 0.3 is 5.97 Å². The van der Waals surface area contributed by atoms with Gasteiger partial charge in [0.2, 0.25) is 5.91 Å². The molecule has 1 rings (SSSR count). The maximum absolute atomic E-state index is 12.1. The number of methoxy groups -OCH3 is 1. The Balaban J connectivity index is 2.45. The summed E-state index contributed by atoms with van der Waals surface area (Å²) in [5.74, 6) is -0.751. The van der Waals surface area contributed by atoms with Crippen LogP contribution in [0.3, 0.4) is 0 Å². The molecule has 0 heterocycles. The van der Waals surface area contributed by atoms with Crippen LogP contribution in [0.1, 0.15) is 36.5 Å². The molecule has 7 heteroatoms. The summed E-state index contributed by atoms with van der Waals surface area (Å²) in [6.45, 7) is 2.31. The number of amides is 1. The van der Waals surface area contributed by atoms with E-state index in [-0.39, 0.29) is 49.0 Å². The molecule has 23 heavy (non-hydrogen) atoms. The summed E-state index contributed by atoms with van der Waals surface area (Å²) in [5.41, 5.74) is 0.369. The van der Waals surface area contributed by atoms with Gasteiger partial charge in [0.25, 0.3) is 0 Å². The van der Waals surface area contributed by atoms with Crippen LogP contribution < -0.4 is 10.1 Å². The number of Topliss-reactive ketones (excluding diaryl/α,β-unsaturated/α-hetero) is 1. The standard InChI is InChI=1S/C16H21NO6/c1-3-23-14-10-11(4-5-13(14)19)12(18)6-7-15(20)17-9-8-16(21)22-2/h4-5,10,19H,3,6-9H2,1-2H3,(H,17,20). The summed E-state index contributed by atoms with van der Waals surface area (Å²) in [6.07, 6.45) is 0.136.